The number of aromatic amines is 1. The first-order chi connectivity index (χ1) is 14.9. The number of nitrogens with zero attached hydrogens (tertiary/aromatic N) is 1. The minimum Gasteiger partial charge on any atom is -0.326 e. The Bertz CT molecular complexity index is 1200. The van der Waals surface area contributed by atoms with Crippen molar-refractivity contribution >= 4 is 23.9 Å². The van der Waals surface area contributed by atoms with Gasteiger partial charge >= 0.3 is 0 Å². The van der Waals surface area contributed by atoms with E-state index in [1.165, 1.54) is 18.1 Å². The average Bonchev–Trinajstić information content (AvgIpc) is 2.70. The highest BCUT2D eigenvalue weighted by molar-refractivity contribution is 5.89. The van der Waals surface area contributed by atoms with Crippen LogP contribution < -0.4 is 10.9 Å². The number of amides is 1. The van der Waals surface area contributed by atoms with Gasteiger partial charge < -0.3 is 10.3 Å². The van der Waals surface area contributed by atoms with Crippen LogP contribution in [0.3, 0.4) is 0 Å². The number of aromatic nitrogens is 1. The molecule has 31 heavy (non-hydrogen) atoms. The number of allylic oxidation sites excluding steroid dienone is 3. The van der Waals surface area contributed by atoms with Gasteiger partial charge in [0.1, 0.15) is 5.54 Å². The number of aliphatic imine (C=N–C) groups is 1. The largest absolute Gasteiger partial charge is 0.326 e. The molecule has 0 saturated heterocycles. The van der Waals surface area contributed by atoms with Crippen molar-refractivity contribution in [1.29, 1.82) is 0 Å². The van der Waals surface area contributed by atoms with Crippen LogP contribution in [0.25, 0.3) is 6.08 Å². The lowest BCUT2D eigenvalue weighted by Crippen LogP contribution is -2.40. The van der Waals surface area contributed by atoms with E-state index >= 15 is 0 Å². The third-order valence-electron chi connectivity index (χ3n) is 5.96. The van der Waals surface area contributed by atoms with Gasteiger partial charge in [0.25, 0.3) is 0 Å². The van der Waals surface area contributed by atoms with E-state index in [9.17, 15) is 9.59 Å². The maximum Gasteiger partial charge on any atom is 0.248 e. The lowest BCUT2D eigenvalue weighted by atomic mass is 9.63. The minimum atomic E-state index is -0.488. The molecular formula is C26H27N3O2. The van der Waals surface area contributed by atoms with Crippen molar-refractivity contribution in [3.8, 4) is 0 Å². The fraction of sp³-hybridized carbons (Fsp3) is 0.269. The molecule has 1 aromatic carbocycles. The third-order valence-corrected chi connectivity index (χ3v) is 5.96. The van der Waals surface area contributed by atoms with E-state index in [1.807, 2.05) is 48.7 Å². The summed E-state index contributed by atoms with van der Waals surface area (Å²) >= 11 is 0. The normalized spacial score (nSPS) is 23.8. The van der Waals surface area contributed by atoms with Gasteiger partial charge in [-0.25, -0.2) is 0 Å². The van der Waals surface area contributed by atoms with Crippen LogP contribution >= 0.6 is 0 Å². The molecule has 0 fully saturated rings. The van der Waals surface area contributed by atoms with Gasteiger partial charge in [-0.15, -0.1) is 0 Å². The molecule has 0 saturated carbocycles. The minimum absolute atomic E-state index is 0.0699. The monoisotopic (exact) mass is 413 g/mol. The Hall–Kier alpha value is -3.47. The summed E-state index contributed by atoms with van der Waals surface area (Å²) in [6.07, 6.45) is 11.8. The van der Waals surface area contributed by atoms with Crippen molar-refractivity contribution in [2.24, 2.45) is 10.9 Å². The Balaban J connectivity index is 1.69. The van der Waals surface area contributed by atoms with E-state index in [0.717, 1.165) is 35.3 Å². The number of benzene rings is 1. The predicted molar refractivity (Wildman–Crippen MR) is 126 cm³/mol. The molecule has 1 amide bonds. The van der Waals surface area contributed by atoms with Gasteiger partial charge in [0.15, 0.2) is 0 Å². The number of anilines is 1. The van der Waals surface area contributed by atoms with E-state index in [4.69, 9.17) is 4.99 Å². The summed E-state index contributed by atoms with van der Waals surface area (Å²) in [5, 5.41) is 2.80. The van der Waals surface area contributed by atoms with Crippen LogP contribution in [0.15, 0.2) is 75.6 Å². The summed E-state index contributed by atoms with van der Waals surface area (Å²) in [5.74, 6) is 0.157. The Morgan fingerprint density at radius 3 is 2.90 bits per heavy atom. The molecule has 0 aliphatic heterocycles. The average molecular weight is 414 g/mol. The summed E-state index contributed by atoms with van der Waals surface area (Å²) in [4.78, 5) is 31.3. The van der Waals surface area contributed by atoms with Gasteiger partial charge in [0.2, 0.25) is 11.5 Å². The molecule has 0 spiro atoms. The van der Waals surface area contributed by atoms with Crippen molar-refractivity contribution in [2.75, 3.05) is 5.32 Å². The lowest BCUT2D eigenvalue weighted by molar-refractivity contribution is -0.114. The molecule has 2 aliphatic rings. The van der Waals surface area contributed by atoms with Crippen LogP contribution in [0.2, 0.25) is 0 Å². The zero-order valence-electron chi connectivity index (χ0n) is 18.1. The van der Waals surface area contributed by atoms with Crippen molar-refractivity contribution < 1.29 is 4.79 Å². The highest BCUT2D eigenvalue weighted by Crippen LogP contribution is 2.51. The molecule has 2 N–H and O–H groups in total. The fourth-order valence-corrected chi connectivity index (χ4v) is 4.90. The van der Waals surface area contributed by atoms with E-state index < -0.39 is 5.54 Å². The molecule has 4 rings (SSSR count). The van der Waals surface area contributed by atoms with Crippen LogP contribution in [-0.4, -0.2) is 17.1 Å². The topological polar surface area (TPSA) is 74.3 Å². The Morgan fingerprint density at radius 2 is 2.13 bits per heavy atom. The molecule has 2 bridgehead atoms. The highest BCUT2D eigenvalue weighted by Gasteiger charge is 2.46. The first-order valence-corrected chi connectivity index (χ1v) is 10.6. The number of nitrogens with one attached hydrogen (secondary N) is 2. The highest BCUT2D eigenvalue weighted by atomic mass is 16.1. The van der Waals surface area contributed by atoms with Gasteiger partial charge in [-0.2, -0.15) is 0 Å². The molecule has 2 atom stereocenters. The predicted octanol–water partition coefficient (Wildman–Crippen LogP) is 4.78. The first kappa shape index (κ1) is 20.8. The second kappa shape index (κ2) is 8.34. The van der Waals surface area contributed by atoms with Crippen LogP contribution in [0.1, 0.15) is 44.0 Å². The number of carbonyl (C=O) groups is 1. The number of carbonyl (C=O) groups excluding carboxylic acids is 1. The SMILES string of the molecule is C/C=C1\[C@H]2C=C(C)C[C@]1(N=CC=Cc1cccc(NC(C)=O)c1)c1ccc(=O)[nH]c1C2. The standard InChI is InChI=1S/C26H27N3O2/c1-4-22-20-13-17(2)16-26(22,23-10-11-25(31)29-24(23)15-20)27-12-6-8-19-7-5-9-21(14-19)28-18(3)30/h4-14,20H,15-16H2,1-3H3,(H,28,30)(H,29,31)/b8-6?,22-4+,27-12?/t20-,26+/m0/s1. The zero-order chi connectivity index (χ0) is 22.0. The molecular weight excluding hydrogens is 386 g/mol. The van der Waals surface area contributed by atoms with Crippen LogP contribution in [0, 0.1) is 5.92 Å². The summed E-state index contributed by atoms with van der Waals surface area (Å²) in [6, 6.07) is 11.2. The van der Waals surface area contributed by atoms with Gasteiger partial charge in [0.05, 0.1) is 0 Å². The molecule has 1 heterocycles. The van der Waals surface area contributed by atoms with Crippen molar-refractivity contribution in [1.82, 2.24) is 4.98 Å². The van der Waals surface area contributed by atoms with Crippen molar-refractivity contribution in [3.63, 3.8) is 0 Å². The van der Waals surface area contributed by atoms with E-state index in [0.29, 0.717) is 0 Å². The molecule has 0 radical (unpaired) electrons. The number of hydrogen-bond donors (Lipinski definition) is 2. The molecule has 0 unspecified atom stereocenters. The molecule has 2 aliphatic carbocycles. The Kier molecular flexibility index (Phi) is 5.59. The quantitative estimate of drug-likeness (QED) is 0.559. The number of rotatable bonds is 4. The molecule has 2 aromatic rings. The maximum atomic E-state index is 11.9. The van der Waals surface area contributed by atoms with E-state index in [2.05, 4.69) is 36.3 Å². The van der Waals surface area contributed by atoms with Crippen LogP contribution in [0.4, 0.5) is 5.69 Å². The van der Waals surface area contributed by atoms with Crippen LogP contribution in [0.5, 0.6) is 0 Å². The lowest BCUT2D eigenvalue weighted by Gasteiger charge is -2.45. The molecule has 158 valence electrons. The molecule has 1 aromatic heterocycles. The summed E-state index contributed by atoms with van der Waals surface area (Å²) in [7, 11) is 0. The fourth-order valence-electron chi connectivity index (χ4n) is 4.90. The van der Waals surface area contributed by atoms with E-state index in [-0.39, 0.29) is 17.4 Å². The zero-order valence-corrected chi connectivity index (χ0v) is 18.1. The maximum absolute atomic E-state index is 11.9. The molecule has 5 heteroatoms. The summed E-state index contributed by atoms with van der Waals surface area (Å²) in [5.41, 5.74) is 5.86. The van der Waals surface area contributed by atoms with Gasteiger partial charge in [-0.1, -0.05) is 35.9 Å². The van der Waals surface area contributed by atoms with Crippen LogP contribution in [-0.2, 0) is 16.8 Å². The second-order valence-electron chi connectivity index (χ2n) is 8.26. The third kappa shape index (κ3) is 4.08. The molecule has 5 nitrogen and oxygen atoms in total. The Morgan fingerprint density at radius 1 is 1.29 bits per heavy atom. The van der Waals surface area contributed by atoms with Crippen molar-refractivity contribution in [2.45, 2.75) is 39.2 Å². The summed E-state index contributed by atoms with van der Waals surface area (Å²) < 4.78 is 0. The van der Waals surface area contributed by atoms with Crippen molar-refractivity contribution in [3.05, 3.63) is 92.9 Å². The van der Waals surface area contributed by atoms with Gasteiger partial charge in [0, 0.05) is 48.5 Å². The number of fused-ring (bicyclic) bond motifs is 4. The van der Waals surface area contributed by atoms with Gasteiger partial charge in [-0.05, 0) is 55.7 Å². The second-order valence-corrected chi connectivity index (χ2v) is 8.26. The smallest absolute Gasteiger partial charge is 0.248 e. The number of H-pyrrole nitrogens is 1. The van der Waals surface area contributed by atoms with E-state index in [1.54, 1.807) is 6.07 Å². The summed E-state index contributed by atoms with van der Waals surface area (Å²) in [6.45, 7) is 5.72. The number of hydrogen-bond acceptors (Lipinski definition) is 3. The van der Waals surface area contributed by atoms with Gasteiger partial charge in [-0.3, -0.25) is 14.6 Å². The first-order valence-electron chi connectivity index (χ1n) is 10.6. The number of pyridine rings is 1. The Labute approximate surface area is 182 Å².